The molecule has 1 aromatic rings. The Balaban J connectivity index is 2.73. The third kappa shape index (κ3) is 3.94. The average Bonchev–Trinajstić information content (AvgIpc) is 2.30. The van der Waals surface area contributed by atoms with Gasteiger partial charge in [0.25, 0.3) is 5.91 Å². The zero-order chi connectivity index (χ0) is 13.7. The van der Waals surface area contributed by atoms with E-state index in [0.717, 1.165) is 0 Å². The van der Waals surface area contributed by atoms with Gasteiger partial charge in [-0.1, -0.05) is 11.6 Å². The van der Waals surface area contributed by atoms with Crippen molar-refractivity contribution in [1.29, 1.82) is 5.26 Å². The van der Waals surface area contributed by atoms with Crippen LogP contribution < -0.4 is 10.1 Å². The van der Waals surface area contributed by atoms with Crippen LogP contribution in [0.5, 0.6) is 5.75 Å². The molecule has 1 N–H and O–H groups in total. The van der Waals surface area contributed by atoms with E-state index in [1.54, 1.807) is 19.1 Å². The van der Waals surface area contributed by atoms with Crippen molar-refractivity contribution in [1.82, 2.24) is 5.32 Å². The minimum Gasteiger partial charge on any atom is -0.479 e. The number of carbonyl (C=O) groups is 1. The molecule has 0 spiro atoms. The summed E-state index contributed by atoms with van der Waals surface area (Å²) >= 11 is 5.95. The Morgan fingerprint density at radius 2 is 2.11 bits per heavy atom. The second-order valence-electron chi connectivity index (χ2n) is 4.18. The van der Waals surface area contributed by atoms with E-state index in [2.05, 4.69) is 5.32 Å². The van der Waals surface area contributed by atoms with Gasteiger partial charge in [-0.15, -0.1) is 0 Å². The number of halogens is 1. The Bertz CT molecular complexity index is 480. The fraction of sp³-hybridized carbons (Fsp3) is 0.385. The van der Waals surface area contributed by atoms with Crippen molar-refractivity contribution in [3.05, 3.63) is 28.8 Å². The van der Waals surface area contributed by atoms with Crippen molar-refractivity contribution >= 4 is 17.5 Å². The van der Waals surface area contributed by atoms with E-state index in [-0.39, 0.29) is 11.9 Å². The molecule has 0 radical (unpaired) electrons. The highest BCUT2D eigenvalue weighted by Gasteiger charge is 2.16. The third-order valence-electron chi connectivity index (χ3n) is 2.16. The lowest BCUT2D eigenvalue weighted by Gasteiger charge is -2.17. The number of nitrogens with zero attached hydrogens (tertiary/aromatic N) is 1. The normalized spacial score (nSPS) is 11.8. The van der Waals surface area contributed by atoms with Crippen LogP contribution in [0, 0.1) is 11.3 Å². The average molecular weight is 267 g/mol. The monoisotopic (exact) mass is 266 g/mol. The highest BCUT2D eigenvalue weighted by molar-refractivity contribution is 6.32. The fourth-order valence-electron chi connectivity index (χ4n) is 1.31. The highest BCUT2D eigenvalue weighted by atomic mass is 35.5. The second kappa shape index (κ2) is 6.27. The van der Waals surface area contributed by atoms with Gasteiger partial charge in [0.05, 0.1) is 16.7 Å². The molecule has 0 bridgehead atoms. The molecule has 5 heteroatoms. The van der Waals surface area contributed by atoms with E-state index >= 15 is 0 Å². The van der Waals surface area contributed by atoms with Gasteiger partial charge in [-0.2, -0.15) is 5.26 Å². The van der Waals surface area contributed by atoms with Gasteiger partial charge in [-0.05, 0) is 39.0 Å². The molecule has 0 saturated heterocycles. The Kier molecular flexibility index (Phi) is 4.99. The first-order valence-corrected chi connectivity index (χ1v) is 5.98. The minimum atomic E-state index is -0.641. The van der Waals surface area contributed by atoms with E-state index in [9.17, 15) is 4.79 Å². The van der Waals surface area contributed by atoms with E-state index in [0.29, 0.717) is 16.3 Å². The molecule has 18 heavy (non-hydrogen) atoms. The van der Waals surface area contributed by atoms with Crippen molar-refractivity contribution in [2.24, 2.45) is 0 Å². The number of hydrogen-bond donors (Lipinski definition) is 1. The molecule has 0 fully saturated rings. The molecule has 1 amide bonds. The lowest BCUT2D eigenvalue weighted by Crippen LogP contribution is -2.40. The fourth-order valence-corrected chi connectivity index (χ4v) is 1.54. The van der Waals surface area contributed by atoms with Crippen LogP contribution in [0.1, 0.15) is 26.3 Å². The highest BCUT2D eigenvalue weighted by Crippen LogP contribution is 2.26. The Labute approximate surface area is 112 Å². The third-order valence-corrected chi connectivity index (χ3v) is 2.46. The smallest absolute Gasteiger partial charge is 0.260 e. The van der Waals surface area contributed by atoms with Crippen molar-refractivity contribution in [3.63, 3.8) is 0 Å². The molecule has 0 aliphatic heterocycles. The van der Waals surface area contributed by atoms with E-state index < -0.39 is 6.10 Å². The number of amides is 1. The largest absolute Gasteiger partial charge is 0.479 e. The van der Waals surface area contributed by atoms with Gasteiger partial charge < -0.3 is 10.1 Å². The molecular weight excluding hydrogens is 252 g/mol. The SMILES string of the molecule is CC(C)NC(=O)[C@H](C)Oc1ccc(C#N)cc1Cl. The van der Waals surface area contributed by atoms with E-state index in [1.807, 2.05) is 19.9 Å². The molecule has 0 saturated carbocycles. The number of nitrogens with one attached hydrogen (secondary N) is 1. The van der Waals surface area contributed by atoms with Crippen molar-refractivity contribution < 1.29 is 9.53 Å². The first-order valence-electron chi connectivity index (χ1n) is 5.60. The van der Waals surface area contributed by atoms with Gasteiger partial charge in [0.1, 0.15) is 5.75 Å². The number of carbonyl (C=O) groups excluding carboxylic acids is 1. The predicted molar refractivity (Wildman–Crippen MR) is 69.5 cm³/mol. The summed E-state index contributed by atoms with van der Waals surface area (Å²) in [6.45, 7) is 5.39. The Morgan fingerprint density at radius 1 is 1.44 bits per heavy atom. The van der Waals surface area contributed by atoms with Crippen LogP contribution in [0.15, 0.2) is 18.2 Å². The van der Waals surface area contributed by atoms with Crippen LogP contribution in [0.25, 0.3) is 0 Å². The molecular formula is C13H15ClN2O2. The maximum atomic E-state index is 11.7. The number of benzene rings is 1. The summed E-state index contributed by atoms with van der Waals surface area (Å²) in [5.41, 5.74) is 0.451. The Morgan fingerprint density at radius 3 is 2.61 bits per heavy atom. The van der Waals surface area contributed by atoms with Crippen molar-refractivity contribution in [2.45, 2.75) is 32.9 Å². The molecule has 0 heterocycles. The first kappa shape index (κ1) is 14.3. The quantitative estimate of drug-likeness (QED) is 0.911. The van der Waals surface area contributed by atoms with Crippen LogP contribution in [0.2, 0.25) is 5.02 Å². The molecule has 0 aliphatic carbocycles. The van der Waals surface area contributed by atoms with Gasteiger partial charge >= 0.3 is 0 Å². The van der Waals surface area contributed by atoms with Gasteiger partial charge in [0, 0.05) is 6.04 Å². The summed E-state index contributed by atoms with van der Waals surface area (Å²) in [5.74, 6) is 0.187. The first-order chi connectivity index (χ1) is 8.43. The topological polar surface area (TPSA) is 62.1 Å². The molecule has 1 atom stereocenters. The lowest BCUT2D eigenvalue weighted by atomic mass is 10.2. The molecule has 0 unspecified atom stereocenters. The Hall–Kier alpha value is -1.73. The zero-order valence-corrected chi connectivity index (χ0v) is 11.3. The lowest BCUT2D eigenvalue weighted by molar-refractivity contribution is -0.127. The molecule has 96 valence electrons. The van der Waals surface area contributed by atoms with Crippen LogP contribution >= 0.6 is 11.6 Å². The zero-order valence-electron chi connectivity index (χ0n) is 10.5. The summed E-state index contributed by atoms with van der Waals surface area (Å²) in [4.78, 5) is 11.7. The van der Waals surface area contributed by atoms with Gasteiger partial charge in [-0.3, -0.25) is 4.79 Å². The van der Waals surface area contributed by atoms with E-state index in [1.165, 1.54) is 6.07 Å². The minimum absolute atomic E-state index is 0.0555. The second-order valence-corrected chi connectivity index (χ2v) is 4.59. The standard InChI is InChI=1S/C13H15ClN2O2/c1-8(2)16-13(17)9(3)18-12-5-4-10(7-15)6-11(12)14/h4-6,8-9H,1-3H3,(H,16,17)/t9-/m0/s1. The van der Waals surface area contributed by atoms with Gasteiger partial charge in [0.2, 0.25) is 0 Å². The number of hydrogen-bond acceptors (Lipinski definition) is 3. The number of rotatable bonds is 4. The van der Waals surface area contributed by atoms with E-state index in [4.69, 9.17) is 21.6 Å². The predicted octanol–water partition coefficient (Wildman–Crippen LogP) is 2.50. The summed E-state index contributed by atoms with van der Waals surface area (Å²) in [5, 5.41) is 11.8. The van der Waals surface area contributed by atoms with Crippen LogP contribution in [0.3, 0.4) is 0 Å². The van der Waals surface area contributed by atoms with Crippen molar-refractivity contribution in [2.75, 3.05) is 0 Å². The molecule has 1 rings (SSSR count). The molecule has 4 nitrogen and oxygen atoms in total. The summed E-state index contributed by atoms with van der Waals surface area (Å²) < 4.78 is 5.45. The molecule has 1 aromatic carbocycles. The maximum absolute atomic E-state index is 11.7. The molecule has 0 aromatic heterocycles. The summed E-state index contributed by atoms with van der Waals surface area (Å²) in [7, 11) is 0. The van der Waals surface area contributed by atoms with Gasteiger partial charge in [0.15, 0.2) is 6.10 Å². The maximum Gasteiger partial charge on any atom is 0.260 e. The van der Waals surface area contributed by atoms with Crippen LogP contribution in [0.4, 0.5) is 0 Å². The van der Waals surface area contributed by atoms with Crippen LogP contribution in [-0.2, 0) is 4.79 Å². The number of ether oxygens (including phenoxy) is 1. The van der Waals surface area contributed by atoms with Crippen molar-refractivity contribution in [3.8, 4) is 11.8 Å². The van der Waals surface area contributed by atoms with Crippen LogP contribution in [-0.4, -0.2) is 18.1 Å². The summed E-state index contributed by atoms with van der Waals surface area (Å²) in [6.07, 6.45) is -0.641. The van der Waals surface area contributed by atoms with Gasteiger partial charge in [-0.25, -0.2) is 0 Å². The number of nitriles is 1. The molecule has 0 aliphatic rings. The summed E-state index contributed by atoms with van der Waals surface area (Å²) in [6, 6.07) is 6.71.